The SMILES string of the molecule is CC[C@H]1O[C@@H](n2ccc(=O)[nH]c2=O)[C@@H](OP(OCCC#N)N(C(C)C)C(C)C)C1F. The summed E-state index contributed by atoms with van der Waals surface area (Å²) in [4.78, 5) is 25.9. The second-order valence-electron chi connectivity index (χ2n) is 7.55. The Labute approximate surface area is 176 Å². The molecule has 2 heterocycles. The van der Waals surface area contributed by atoms with E-state index in [4.69, 9.17) is 19.0 Å². The fourth-order valence-electron chi connectivity index (χ4n) is 3.38. The first-order chi connectivity index (χ1) is 14.2. The molecule has 1 aliphatic rings. The number of halogens is 1. The molecule has 1 fully saturated rings. The van der Waals surface area contributed by atoms with Crippen molar-refractivity contribution in [2.75, 3.05) is 6.61 Å². The summed E-state index contributed by atoms with van der Waals surface area (Å²) in [7, 11) is -1.73. The fourth-order valence-corrected chi connectivity index (χ4v) is 5.12. The van der Waals surface area contributed by atoms with Crippen LogP contribution in [0.3, 0.4) is 0 Å². The number of hydrogen-bond acceptors (Lipinski definition) is 7. The molecule has 11 heteroatoms. The Morgan fingerprint density at radius 3 is 2.57 bits per heavy atom. The van der Waals surface area contributed by atoms with Gasteiger partial charge in [0.1, 0.15) is 6.10 Å². The van der Waals surface area contributed by atoms with Crippen molar-refractivity contribution in [3.05, 3.63) is 33.1 Å². The van der Waals surface area contributed by atoms with E-state index in [-0.39, 0.29) is 25.1 Å². The van der Waals surface area contributed by atoms with Crippen LogP contribution >= 0.6 is 8.53 Å². The van der Waals surface area contributed by atoms with Crippen molar-refractivity contribution < 1.29 is 18.2 Å². The van der Waals surface area contributed by atoms with Gasteiger partial charge in [-0.15, -0.1) is 0 Å². The monoisotopic (exact) mass is 444 g/mol. The summed E-state index contributed by atoms with van der Waals surface area (Å²) in [5.41, 5.74) is -1.26. The van der Waals surface area contributed by atoms with Gasteiger partial charge in [-0.3, -0.25) is 14.3 Å². The highest BCUT2D eigenvalue weighted by Crippen LogP contribution is 2.51. The van der Waals surface area contributed by atoms with E-state index in [2.05, 4.69) is 4.98 Å². The number of alkyl halides is 1. The van der Waals surface area contributed by atoms with Crippen LogP contribution in [0, 0.1) is 11.3 Å². The number of nitrogens with zero attached hydrogens (tertiary/aromatic N) is 3. The van der Waals surface area contributed by atoms with Gasteiger partial charge >= 0.3 is 5.69 Å². The second kappa shape index (κ2) is 11.1. The fraction of sp³-hybridized carbons (Fsp3) is 0.737. The van der Waals surface area contributed by atoms with Gasteiger partial charge in [-0.1, -0.05) is 6.92 Å². The molecule has 30 heavy (non-hydrogen) atoms. The number of ether oxygens (including phenoxy) is 1. The Morgan fingerprint density at radius 1 is 1.37 bits per heavy atom. The molecule has 1 aromatic rings. The van der Waals surface area contributed by atoms with Gasteiger partial charge in [0.25, 0.3) is 14.1 Å². The van der Waals surface area contributed by atoms with Crippen molar-refractivity contribution in [2.45, 2.75) is 84.2 Å². The van der Waals surface area contributed by atoms with Gasteiger partial charge in [0.15, 0.2) is 12.4 Å². The molecule has 1 N–H and O–H groups in total. The first-order valence-corrected chi connectivity index (χ1v) is 11.2. The normalized spacial score (nSPS) is 25.2. The molecule has 5 atom stereocenters. The zero-order valence-corrected chi connectivity index (χ0v) is 18.8. The molecule has 1 saturated heterocycles. The first-order valence-electron chi connectivity index (χ1n) is 10.1. The third-order valence-electron chi connectivity index (χ3n) is 4.67. The van der Waals surface area contributed by atoms with Gasteiger partial charge in [-0.2, -0.15) is 5.26 Å². The van der Waals surface area contributed by atoms with Gasteiger partial charge in [0, 0.05) is 24.3 Å². The van der Waals surface area contributed by atoms with E-state index in [1.54, 1.807) is 6.92 Å². The van der Waals surface area contributed by atoms with Gasteiger partial charge in [0.2, 0.25) is 0 Å². The van der Waals surface area contributed by atoms with E-state index in [0.717, 1.165) is 4.57 Å². The van der Waals surface area contributed by atoms with Crippen LogP contribution in [0.1, 0.15) is 53.7 Å². The molecule has 1 aliphatic heterocycles. The molecule has 1 aromatic heterocycles. The molecule has 2 unspecified atom stereocenters. The number of H-pyrrole nitrogens is 1. The van der Waals surface area contributed by atoms with Gasteiger partial charge in [0.05, 0.1) is 25.2 Å². The van der Waals surface area contributed by atoms with Crippen LogP contribution in [0.25, 0.3) is 0 Å². The standard InChI is InChI=1S/C19H30FN4O5P/c1-6-14-16(20)17(18(28-14)23-10-8-15(25)22-19(23)26)29-30(27-11-7-9-21)24(12(2)3)13(4)5/h8,10,12-14,16-18H,6-7,11H2,1-5H3,(H,22,25,26)/t14-,16?,17+,18-,30?/m1/s1. The highest BCUT2D eigenvalue weighted by atomic mass is 31.2. The van der Waals surface area contributed by atoms with Crippen molar-refractivity contribution in [3.8, 4) is 6.07 Å². The zero-order chi connectivity index (χ0) is 22.4. The number of aromatic amines is 1. The number of aromatic nitrogens is 2. The van der Waals surface area contributed by atoms with Crippen LogP contribution in [-0.4, -0.2) is 51.3 Å². The molecule has 0 radical (unpaired) electrons. The molecule has 168 valence electrons. The van der Waals surface area contributed by atoms with E-state index in [1.165, 1.54) is 12.3 Å². The smallest absolute Gasteiger partial charge is 0.330 e. The summed E-state index contributed by atoms with van der Waals surface area (Å²) in [5.74, 6) is 0. The Bertz CT molecular complexity index is 831. The quantitative estimate of drug-likeness (QED) is 0.436. The van der Waals surface area contributed by atoms with E-state index >= 15 is 4.39 Å². The minimum absolute atomic E-state index is 0.0369. The summed E-state index contributed by atoms with van der Waals surface area (Å²) in [6.45, 7) is 9.83. The lowest BCUT2D eigenvalue weighted by atomic mass is 10.1. The molecule has 0 spiro atoms. The van der Waals surface area contributed by atoms with Crippen LogP contribution in [0.5, 0.6) is 0 Å². The lowest BCUT2D eigenvalue weighted by Gasteiger charge is -2.37. The molecule has 0 saturated carbocycles. The van der Waals surface area contributed by atoms with Crippen molar-refractivity contribution >= 4 is 8.53 Å². The molecule has 0 bridgehead atoms. The van der Waals surface area contributed by atoms with Crippen molar-refractivity contribution in [2.24, 2.45) is 0 Å². The molecule has 0 aliphatic carbocycles. The number of hydrogen-bond donors (Lipinski definition) is 1. The molecular weight excluding hydrogens is 414 g/mol. The van der Waals surface area contributed by atoms with Crippen LogP contribution in [0.2, 0.25) is 0 Å². The van der Waals surface area contributed by atoms with Crippen molar-refractivity contribution in [1.29, 1.82) is 5.26 Å². The third-order valence-corrected chi connectivity index (χ3v) is 6.79. The summed E-state index contributed by atoms with van der Waals surface area (Å²) in [6.07, 6.45) is -2.60. The van der Waals surface area contributed by atoms with E-state index in [0.29, 0.717) is 6.42 Å². The van der Waals surface area contributed by atoms with Crippen molar-refractivity contribution in [3.63, 3.8) is 0 Å². The topological polar surface area (TPSA) is 110 Å². The van der Waals surface area contributed by atoms with Gasteiger partial charge < -0.3 is 13.8 Å². The van der Waals surface area contributed by atoms with E-state index in [9.17, 15) is 9.59 Å². The number of nitriles is 1. The largest absolute Gasteiger partial charge is 0.349 e. The molecule has 0 amide bonds. The maximum atomic E-state index is 15.3. The Kier molecular flexibility index (Phi) is 9.13. The number of rotatable bonds is 10. The highest BCUT2D eigenvalue weighted by Gasteiger charge is 2.49. The lowest BCUT2D eigenvalue weighted by Crippen LogP contribution is -2.40. The lowest BCUT2D eigenvalue weighted by molar-refractivity contribution is -0.0373. The second-order valence-corrected chi connectivity index (χ2v) is 8.96. The predicted molar refractivity (Wildman–Crippen MR) is 111 cm³/mol. The van der Waals surface area contributed by atoms with Gasteiger partial charge in [-0.25, -0.2) is 13.9 Å². The Balaban J connectivity index is 2.38. The minimum Gasteiger partial charge on any atom is -0.349 e. The maximum absolute atomic E-state index is 15.3. The number of nitrogens with one attached hydrogen (secondary N) is 1. The van der Waals surface area contributed by atoms with Crippen LogP contribution in [0.15, 0.2) is 21.9 Å². The van der Waals surface area contributed by atoms with E-state index < -0.39 is 44.4 Å². The average Bonchev–Trinajstić information content (AvgIpc) is 2.97. The zero-order valence-electron chi connectivity index (χ0n) is 17.9. The summed E-state index contributed by atoms with van der Waals surface area (Å²) >= 11 is 0. The molecule has 9 nitrogen and oxygen atoms in total. The molecular formula is C19H30FN4O5P. The first kappa shape index (κ1) is 24.6. The predicted octanol–water partition coefficient (Wildman–Crippen LogP) is 2.84. The summed E-state index contributed by atoms with van der Waals surface area (Å²) in [5, 5.41) is 8.85. The maximum Gasteiger partial charge on any atom is 0.330 e. The minimum atomic E-state index is -1.73. The Hall–Kier alpha value is -1.63. The average molecular weight is 444 g/mol. The third kappa shape index (κ3) is 5.74. The van der Waals surface area contributed by atoms with Crippen molar-refractivity contribution in [1.82, 2.24) is 14.2 Å². The van der Waals surface area contributed by atoms with Gasteiger partial charge in [-0.05, 0) is 34.1 Å². The Morgan fingerprint density at radius 2 is 2.03 bits per heavy atom. The van der Waals surface area contributed by atoms with Crippen LogP contribution in [0.4, 0.5) is 4.39 Å². The van der Waals surface area contributed by atoms with Crippen LogP contribution < -0.4 is 11.2 Å². The highest BCUT2D eigenvalue weighted by molar-refractivity contribution is 7.44. The summed E-state index contributed by atoms with van der Waals surface area (Å²) < 4.78 is 36.2. The van der Waals surface area contributed by atoms with E-state index in [1.807, 2.05) is 38.4 Å². The van der Waals surface area contributed by atoms with Crippen LogP contribution in [-0.2, 0) is 13.8 Å². The summed E-state index contributed by atoms with van der Waals surface area (Å²) in [6, 6.07) is 3.27. The molecule has 0 aromatic carbocycles. The molecule has 2 rings (SSSR count).